The van der Waals surface area contributed by atoms with Crippen LogP contribution >= 0.6 is 15.9 Å². The van der Waals surface area contributed by atoms with Gasteiger partial charge in [-0.1, -0.05) is 5.16 Å². The lowest BCUT2D eigenvalue weighted by molar-refractivity contribution is 0.0686. The van der Waals surface area contributed by atoms with Crippen molar-refractivity contribution in [2.75, 3.05) is 14.2 Å². The van der Waals surface area contributed by atoms with Crippen LogP contribution < -0.4 is 9.47 Å². The number of halogens is 2. The molecule has 0 saturated carbocycles. The maximum Gasteiger partial charge on any atom is 0.358 e. The first kappa shape index (κ1) is 14.3. The van der Waals surface area contributed by atoms with Crippen LogP contribution in [0.1, 0.15) is 10.5 Å². The highest BCUT2D eigenvalue weighted by atomic mass is 79.9. The van der Waals surface area contributed by atoms with Crippen molar-refractivity contribution in [3.8, 4) is 22.8 Å². The van der Waals surface area contributed by atoms with Crippen molar-refractivity contribution in [1.82, 2.24) is 5.16 Å². The zero-order valence-corrected chi connectivity index (χ0v) is 12.0. The molecule has 0 saturated heterocycles. The molecule has 0 aliphatic rings. The highest BCUT2D eigenvalue weighted by Crippen LogP contribution is 2.44. The third-order valence-electron chi connectivity index (χ3n) is 2.54. The second-order valence-corrected chi connectivity index (χ2v) is 4.46. The molecular weight excluding hydrogens is 337 g/mol. The van der Waals surface area contributed by atoms with E-state index in [4.69, 9.17) is 19.1 Å². The summed E-state index contributed by atoms with van der Waals surface area (Å²) in [5.41, 5.74) is -0.110. The molecule has 1 N–H and O–H groups in total. The fourth-order valence-electron chi connectivity index (χ4n) is 1.65. The minimum atomic E-state index is -1.25. The second kappa shape index (κ2) is 5.49. The quantitative estimate of drug-likeness (QED) is 0.917. The van der Waals surface area contributed by atoms with Gasteiger partial charge in [0.1, 0.15) is 5.82 Å². The number of hydrogen-bond donors (Lipinski definition) is 1. The number of rotatable bonds is 4. The number of benzene rings is 1. The Balaban J connectivity index is 2.70. The first-order valence-corrected chi connectivity index (χ1v) is 6.09. The van der Waals surface area contributed by atoms with Crippen LogP contribution in [0.5, 0.6) is 11.5 Å². The molecule has 0 amide bonds. The van der Waals surface area contributed by atoms with Crippen molar-refractivity contribution < 1.29 is 28.3 Å². The van der Waals surface area contributed by atoms with Crippen LogP contribution in [0.3, 0.4) is 0 Å². The van der Waals surface area contributed by atoms with Crippen molar-refractivity contribution in [2.24, 2.45) is 0 Å². The van der Waals surface area contributed by atoms with Gasteiger partial charge >= 0.3 is 5.97 Å². The number of aromatic carboxylic acids is 1. The number of methoxy groups -OCH3 is 2. The molecule has 2 rings (SSSR count). The van der Waals surface area contributed by atoms with Crippen LogP contribution in [-0.4, -0.2) is 30.5 Å². The van der Waals surface area contributed by atoms with Gasteiger partial charge in [-0.15, -0.1) is 0 Å². The Morgan fingerprint density at radius 3 is 2.60 bits per heavy atom. The van der Waals surface area contributed by atoms with Crippen LogP contribution in [-0.2, 0) is 0 Å². The van der Waals surface area contributed by atoms with Gasteiger partial charge in [0.05, 0.1) is 24.3 Å². The van der Waals surface area contributed by atoms with Gasteiger partial charge < -0.3 is 19.1 Å². The van der Waals surface area contributed by atoms with Gasteiger partial charge in [-0.05, 0) is 15.9 Å². The lowest BCUT2D eigenvalue weighted by Crippen LogP contribution is -1.96. The average Bonchev–Trinajstić information content (AvgIpc) is 2.90. The lowest BCUT2D eigenvalue weighted by Gasteiger charge is -2.13. The monoisotopic (exact) mass is 345 g/mol. The van der Waals surface area contributed by atoms with E-state index >= 15 is 0 Å². The summed E-state index contributed by atoms with van der Waals surface area (Å²) in [6.07, 6.45) is 0. The van der Waals surface area contributed by atoms with E-state index in [0.29, 0.717) is 0 Å². The van der Waals surface area contributed by atoms with Crippen LogP contribution in [0.2, 0.25) is 0 Å². The summed E-state index contributed by atoms with van der Waals surface area (Å²) in [6, 6.07) is 2.31. The number of nitrogens with zero attached hydrogens (tertiary/aromatic N) is 1. The molecule has 0 spiro atoms. The van der Waals surface area contributed by atoms with E-state index < -0.39 is 11.8 Å². The fourth-order valence-corrected chi connectivity index (χ4v) is 2.14. The molecule has 106 valence electrons. The smallest absolute Gasteiger partial charge is 0.358 e. The molecule has 1 aromatic carbocycles. The molecule has 20 heavy (non-hydrogen) atoms. The van der Waals surface area contributed by atoms with E-state index in [9.17, 15) is 9.18 Å². The first-order valence-electron chi connectivity index (χ1n) is 5.30. The Labute approximate surface area is 121 Å². The highest BCUT2D eigenvalue weighted by molar-refractivity contribution is 9.10. The maximum atomic E-state index is 13.8. The predicted octanol–water partition coefficient (Wildman–Crippen LogP) is 2.96. The minimum Gasteiger partial charge on any atom is -0.493 e. The molecule has 0 unspecified atom stereocenters. The first-order chi connectivity index (χ1) is 9.49. The lowest BCUT2D eigenvalue weighted by atomic mass is 10.1. The number of ether oxygens (including phenoxy) is 2. The molecule has 0 fully saturated rings. The van der Waals surface area contributed by atoms with Crippen LogP contribution in [0.25, 0.3) is 11.3 Å². The molecule has 0 aliphatic carbocycles. The maximum absolute atomic E-state index is 13.8. The predicted molar refractivity (Wildman–Crippen MR) is 69.7 cm³/mol. The Bertz CT molecular complexity index is 670. The molecule has 1 aromatic heterocycles. The van der Waals surface area contributed by atoms with Gasteiger partial charge in [-0.2, -0.15) is 0 Å². The van der Waals surface area contributed by atoms with Crippen LogP contribution in [0.15, 0.2) is 21.1 Å². The zero-order chi connectivity index (χ0) is 14.9. The van der Waals surface area contributed by atoms with E-state index in [1.807, 2.05) is 0 Å². The van der Waals surface area contributed by atoms with Crippen LogP contribution in [0, 0.1) is 5.82 Å². The molecule has 0 aliphatic heterocycles. The van der Waals surface area contributed by atoms with Crippen molar-refractivity contribution in [2.45, 2.75) is 0 Å². The summed E-state index contributed by atoms with van der Waals surface area (Å²) >= 11 is 3.07. The summed E-state index contributed by atoms with van der Waals surface area (Å²) < 4.78 is 29.0. The van der Waals surface area contributed by atoms with Crippen molar-refractivity contribution in [3.05, 3.63) is 28.1 Å². The van der Waals surface area contributed by atoms with Gasteiger partial charge in [-0.3, -0.25) is 0 Å². The minimum absolute atomic E-state index is 0.0453. The Hall–Kier alpha value is -2.09. The number of carbonyl (C=O) groups is 1. The molecule has 6 nitrogen and oxygen atoms in total. The molecule has 1 heterocycles. The molecule has 8 heteroatoms. The third-order valence-corrected chi connectivity index (χ3v) is 3.31. The summed E-state index contributed by atoms with van der Waals surface area (Å²) in [6.45, 7) is 0. The number of carboxylic acids is 1. The molecule has 0 atom stereocenters. The number of aromatic nitrogens is 1. The summed E-state index contributed by atoms with van der Waals surface area (Å²) in [5.74, 6) is -1.46. The van der Waals surface area contributed by atoms with Gasteiger partial charge in [0, 0.05) is 12.1 Å². The largest absolute Gasteiger partial charge is 0.493 e. The number of carboxylic acid groups (broad SMARTS) is 1. The van der Waals surface area contributed by atoms with Crippen LogP contribution in [0.4, 0.5) is 4.39 Å². The topological polar surface area (TPSA) is 81.8 Å². The molecular formula is C12H9BrFNO5. The van der Waals surface area contributed by atoms with E-state index in [0.717, 1.165) is 6.07 Å². The Kier molecular flexibility index (Phi) is 3.93. The van der Waals surface area contributed by atoms with Crippen molar-refractivity contribution in [1.29, 1.82) is 0 Å². The average molecular weight is 346 g/mol. The third kappa shape index (κ3) is 2.34. The van der Waals surface area contributed by atoms with E-state index in [2.05, 4.69) is 21.1 Å². The molecule has 0 radical (unpaired) electrons. The summed E-state index contributed by atoms with van der Waals surface area (Å²) in [4.78, 5) is 10.8. The summed E-state index contributed by atoms with van der Waals surface area (Å²) in [7, 11) is 2.73. The Morgan fingerprint density at radius 1 is 1.40 bits per heavy atom. The highest BCUT2D eigenvalue weighted by Gasteiger charge is 2.24. The molecule has 2 aromatic rings. The van der Waals surface area contributed by atoms with Crippen molar-refractivity contribution in [3.63, 3.8) is 0 Å². The summed E-state index contributed by atoms with van der Waals surface area (Å²) in [5, 5.41) is 12.2. The Morgan fingerprint density at radius 2 is 2.10 bits per heavy atom. The van der Waals surface area contributed by atoms with Gasteiger partial charge in [0.15, 0.2) is 23.0 Å². The SMILES string of the molecule is COc1cc(F)c(Br)c(-c2cc(C(=O)O)no2)c1OC. The van der Waals surface area contributed by atoms with E-state index in [1.165, 1.54) is 20.3 Å². The standard InChI is InChI=1S/C12H9BrFNO5/c1-18-8-3-5(14)10(13)9(11(8)19-2)7-4-6(12(16)17)15-20-7/h3-4H,1-2H3,(H,16,17). The van der Waals surface area contributed by atoms with Crippen molar-refractivity contribution >= 4 is 21.9 Å². The normalized spacial score (nSPS) is 10.4. The van der Waals surface area contributed by atoms with Gasteiger partial charge in [0.2, 0.25) is 0 Å². The van der Waals surface area contributed by atoms with Gasteiger partial charge in [-0.25, -0.2) is 9.18 Å². The fraction of sp³-hybridized carbons (Fsp3) is 0.167. The number of hydrogen-bond acceptors (Lipinski definition) is 5. The second-order valence-electron chi connectivity index (χ2n) is 3.66. The van der Waals surface area contributed by atoms with Gasteiger partial charge in [0.25, 0.3) is 0 Å². The van der Waals surface area contributed by atoms with E-state index in [-0.39, 0.29) is 33.0 Å². The van der Waals surface area contributed by atoms with E-state index in [1.54, 1.807) is 0 Å². The molecule has 0 bridgehead atoms. The zero-order valence-electron chi connectivity index (χ0n) is 10.4.